The highest BCUT2D eigenvalue weighted by molar-refractivity contribution is 6.31. The molecular weight excluding hydrogens is 244 g/mol. The van der Waals surface area contributed by atoms with Crippen LogP contribution in [0.2, 0.25) is 5.02 Å². The molecule has 3 heteroatoms. The summed E-state index contributed by atoms with van der Waals surface area (Å²) >= 11 is 6.43. The second-order valence-electron chi connectivity index (χ2n) is 5.45. The van der Waals surface area contributed by atoms with Crippen molar-refractivity contribution in [2.24, 2.45) is 0 Å². The number of hydrogen-bond acceptors (Lipinski definition) is 2. The molecule has 1 saturated heterocycles. The monoisotopic (exact) mass is 264 g/mol. The minimum Gasteiger partial charge on any atom is -0.314 e. The molecule has 0 spiro atoms. The van der Waals surface area contributed by atoms with Crippen molar-refractivity contribution in [3.63, 3.8) is 0 Å². The lowest BCUT2D eigenvalue weighted by atomic mass is 9.90. The Hall–Kier alpha value is -0.570. The Bertz CT molecular complexity index is 425. The first kappa shape index (κ1) is 12.5. The molecule has 98 valence electrons. The topological polar surface area (TPSA) is 15.3 Å². The van der Waals surface area contributed by atoms with Crippen LogP contribution in [0.1, 0.15) is 29.5 Å². The summed E-state index contributed by atoms with van der Waals surface area (Å²) in [7, 11) is 0. The normalized spacial score (nSPS) is 20.7. The van der Waals surface area contributed by atoms with Gasteiger partial charge in [0.05, 0.1) is 0 Å². The molecule has 2 nitrogen and oxygen atoms in total. The maximum atomic E-state index is 6.43. The highest BCUT2D eigenvalue weighted by atomic mass is 35.5. The van der Waals surface area contributed by atoms with Gasteiger partial charge < -0.3 is 5.32 Å². The van der Waals surface area contributed by atoms with Gasteiger partial charge in [0, 0.05) is 37.7 Å². The first-order valence-electron chi connectivity index (χ1n) is 7.06. The molecule has 2 aliphatic rings. The lowest BCUT2D eigenvalue weighted by molar-refractivity contribution is 0.233. The van der Waals surface area contributed by atoms with Crippen LogP contribution in [0, 0.1) is 0 Å². The predicted octanol–water partition coefficient (Wildman–Crippen LogP) is 2.62. The number of hydrogen-bond donors (Lipinski definition) is 1. The number of nitrogens with zero attached hydrogens (tertiary/aromatic N) is 1. The van der Waals surface area contributed by atoms with Gasteiger partial charge in [-0.25, -0.2) is 0 Å². The van der Waals surface area contributed by atoms with Crippen LogP contribution in [0.15, 0.2) is 12.1 Å². The van der Waals surface area contributed by atoms with E-state index in [-0.39, 0.29) is 0 Å². The summed E-state index contributed by atoms with van der Waals surface area (Å²) in [6, 6.07) is 4.58. The van der Waals surface area contributed by atoms with E-state index in [0.29, 0.717) is 0 Å². The number of nitrogens with one attached hydrogen (secondary N) is 1. The van der Waals surface area contributed by atoms with Crippen LogP contribution in [0.4, 0.5) is 0 Å². The van der Waals surface area contributed by atoms with Gasteiger partial charge in [-0.3, -0.25) is 4.90 Å². The molecule has 0 aromatic heterocycles. The highest BCUT2D eigenvalue weighted by Gasteiger charge is 2.15. The van der Waals surface area contributed by atoms with Gasteiger partial charge in [0.2, 0.25) is 0 Å². The lowest BCUT2D eigenvalue weighted by Crippen LogP contribution is -2.42. The summed E-state index contributed by atoms with van der Waals surface area (Å²) in [6.45, 7) is 5.56. The van der Waals surface area contributed by atoms with Crippen LogP contribution in [-0.4, -0.2) is 31.1 Å². The number of aryl methyl sites for hydroxylation is 1. The molecule has 1 aromatic rings. The SMILES string of the molecule is Clc1cc(CN2CCNCC2)cc2c1CCCC2. The van der Waals surface area contributed by atoms with Crippen molar-refractivity contribution in [1.29, 1.82) is 0 Å². The molecule has 1 aliphatic carbocycles. The molecule has 0 bridgehead atoms. The second-order valence-corrected chi connectivity index (χ2v) is 5.86. The van der Waals surface area contributed by atoms with Gasteiger partial charge in [-0.1, -0.05) is 17.7 Å². The van der Waals surface area contributed by atoms with Crippen LogP contribution >= 0.6 is 11.6 Å². The van der Waals surface area contributed by atoms with Crippen molar-refractivity contribution < 1.29 is 0 Å². The summed E-state index contributed by atoms with van der Waals surface area (Å²) in [4.78, 5) is 2.51. The van der Waals surface area contributed by atoms with Gasteiger partial charge in [-0.15, -0.1) is 0 Å². The van der Waals surface area contributed by atoms with Crippen molar-refractivity contribution in [3.8, 4) is 0 Å². The largest absolute Gasteiger partial charge is 0.314 e. The summed E-state index contributed by atoms with van der Waals surface area (Å²) in [5.41, 5.74) is 4.30. The molecule has 3 rings (SSSR count). The van der Waals surface area contributed by atoms with E-state index in [9.17, 15) is 0 Å². The van der Waals surface area contributed by atoms with E-state index in [0.717, 1.165) is 37.7 Å². The quantitative estimate of drug-likeness (QED) is 0.884. The molecule has 0 atom stereocenters. The first-order chi connectivity index (χ1) is 8.83. The fraction of sp³-hybridized carbons (Fsp3) is 0.600. The molecule has 1 aromatic carbocycles. The van der Waals surface area contributed by atoms with E-state index >= 15 is 0 Å². The van der Waals surface area contributed by atoms with Gasteiger partial charge in [-0.2, -0.15) is 0 Å². The lowest BCUT2D eigenvalue weighted by Gasteiger charge is -2.28. The van der Waals surface area contributed by atoms with Gasteiger partial charge in [0.25, 0.3) is 0 Å². The van der Waals surface area contributed by atoms with Crippen LogP contribution < -0.4 is 5.32 Å². The van der Waals surface area contributed by atoms with Crippen molar-refractivity contribution in [2.75, 3.05) is 26.2 Å². The molecule has 0 amide bonds. The van der Waals surface area contributed by atoms with Crippen LogP contribution in [0.25, 0.3) is 0 Å². The Kier molecular flexibility index (Phi) is 3.88. The van der Waals surface area contributed by atoms with Gasteiger partial charge in [-0.05, 0) is 48.4 Å². The number of rotatable bonds is 2. The third-order valence-corrected chi connectivity index (χ3v) is 4.42. The number of fused-ring (bicyclic) bond motifs is 1. The Balaban J connectivity index is 1.77. The van der Waals surface area contributed by atoms with Gasteiger partial charge in [0.1, 0.15) is 0 Å². The third-order valence-electron chi connectivity index (χ3n) is 4.09. The average molecular weight is 265 g/mol. The average Bonchev–Trinajstić information content (AvgIpc) is 2.40. The van der Waals surface area contributed by atoms with E-state index in [1.165, 1.54) is 42.4 Å². The Morgan fingerprint density at radius 3 is 2.72 bits per heavy atom. The van der Waals surface area contributed by atoms with Crippen molar-refractivity contribution in [3.05, 3.63) is 33.8 Å². The fourth-order valence-electron chi connectivity index (χ4n) is 3.09. The van der Waals surface area contributed by atoms with Crippen LogP contribution in [0.5, 0.6) is 0 Å². The molecular formula is C15H21ClN2. The van der Waals surface area contributed by atoms with E-state index in [2.05, 4.69) is 22.3 Å². The van der Waals surface area contributed by atoms with E-state index in [4.69, 9.17) is 11.6 Å². The maximum absolute atomic E-state index is 6.43. The van der Waals surface area contributed by atoms with E-state index in [1.54, 1.807) is 0 Å². The number of benzene rings is 1. The molecule has 1 fully saturated rings. The van der Waals surface area contributed by atoms with Gasteiger partial charge in [0.15, 0.2) is 0 Å². The standard InChI is InChI=1S/C15H21ClN2/c16-15-10-12(11-18-7-5-17-6-8-18)9-13-3-1-2-4-14(13)15/h9-10,17H,1-8,11H2. The van der Waals surface area contributed by atoms with Crippen molar-refractivity contribution >= 4 is 11.6 Å². The zero-order valence-corrected chi connectivity index (χ0v) is 11.6. The smallest absolute Gasteiger partial charge is 0.0443 e. The highest BCUT2D eigenvalue weighted by Crippen LogP contribution is 2.29. The second kappa shape index (κ2) is 5.60. The van der Waals surface area contributed by atoms with Crippen molar-refractivity contribution in [1.82, 2.24) is 10.2 Å². The molecule has 1 aliphatic heterocycles. The molecule has 1 N–H and O–H groups in total. The maximum Gasteiger partial charge on any atom is 0.0443 e. The van der Waals surface area contributed by atoms with Gasteiger partial charge >= 0.3 is 0 Å². The van der Waals surface area contributed by atoms with Crippen LogP contribution in [0.3, 0.4) is 0 Å². The Morgan fingerprint density at radius 2 is 1.89 bits per heavy atom. The minimum atomic E-state index is 0.998. The first-order valence-corrected chi connectivity index (χ1v) is 7.44. The zero-order valence-electron chi connectivity index (χ0n) is 10.8. The fourth-order valence-corrected chi connectivity index (χ4v) is 3.45. The van der Waals surface area contributed by atoms with Crippen molar-refractivity contribution in [2.45, 2.75) is 32.2 Å². The van der Waals surface area contributed by atoms with E-state index in [1.807, 2.05) is 0 Å². The van der Waals surface area contributed by atoms with Crippen LogP contribution in [-0.2, 0) is 19.4 Å². The summed E-state index contributed by atoms with van der Waals surface area (Å²) in [6.07, 6.45) is 5.00. The molecule has 0 unspecified atom stereocenters. The summed E-state index contributed by atoms with van der Waals surface area (Å²) in [5, 5.41) is 4.39. The number of piperazine rings is 1. The zero-order chi connectivity index (χ0) is 12.4. The molecule has 0 radical (unpaired) electrons. The predicted molar refractivity (Wildman–Crippen MR) is 76.2 cm³/mol. The molecule has 0 saturated carbocycles. The number of halogens is 1. The molecule has 18 heavy (non-hydrogen) atoms. The summed E-state index contributed by atoms with van der Waals surface area (Å²) in [5.74, 6) is 0. The minimum absolute atomic E-state index is 0.998. The molecule has 1 heterocycles. The summed E-state index contributed by atoms with van der Waals surface area (Å²) < 4.78 is 0. The Labute approximate surface area is 114 Å². The Morgan fingerprint density at radius 1 is 1.11 bits per heavy atom. The van der Waals surface area contributed by atoms with E-state index < -0.39 is 0 Å². The third kappa shape index (κ3) is 2.71.